The lowest BCUT2D eigenvalue weighted by Crippen LogP contribution is -1.88. The van der Waals surface area contributed by atoms with Gasteiger partial charge in [0.15, 0.2) is 0 Å². The third kappa shape index (κ3) is 2.69. The topological polar surface area (TPSA) is 9.23 Å². The highest BCUT2D eigenvalue weighted by Gasteiger charge is 2.07. The maximum atomic E-state index is 13.9. The molecule has 2 heteroatoms. The van der Waals surface area contributed by atoms with Crippen molar-refractivity contribution in [1.29, 1.82) is 0 Å². The Labute approximate surface area is 117 Å². The smallest absolute Gasteiger partial charge is 0.131 e. The zero-order valence-corrected chi connectivity index (χ0v) is 10.8. The first-order valence-electron chi connectivity index (χ1n) is 6.41. The summed E-state index contributed by atoms with van der Waals surface area (Å²) in [4.78, 5) is 0. The third-order valence-electron chi connectivity index (χ3n) is 3.00. The van der Waals surface area contributed by atoms with Crippen LogP contribution in [0.25, 0.3) is 11.1 Å². The third-order valence-corrected chi connectivity index (χ3v) is 3.00. The van der Waals surface area contributed by atoms with E-state index in [1.54, 1.807) is 12.1 Å². The molecule has 0 amide bonds. The molecule has 3 rings (SSSR count). The molecule has 0 N–H and O–H groups in total. The molecule has 98 valence electrons. The van der Waals surface area contributed by atoms with Gasteiger partial charge in [-0.25, -0.2) is 4.39 Å². The lowest BCUT2D eigenvalue weighted by molar-refractivity contribution is 0.481. The van der Waals surface area contributed by atoms with Crippen molar-refractivity contribution in [3.63, 3.8) is 0 Å². The summed E-state index contributed by atoms with van der Waals surface area (Å²) >= 11 is 0. The number of ether oxygens (including phenoxy) is 1. The second-order valence-corrected chi connectivity index (χ2v) is 4.42. The molecule has 0 bridgehead atoms. The van der Waals surface area contributed by atoms with Crippen LogP contribution in [-0.2, 0) is 0 Å². The highest BCUT2D eigenvalue weighted by molar-refractivity contribution is 5.65. The number of para-hydroxylation sites is 1. The Hall–Kier alpha value is -2.61. The van der Waals surface area contributed by atoms with Crippen LogP contribution in [0.15, 0.2) is 78.9 Å². The van der Waals surface area contributed by atoms with Gasteiger partial charge >= 0.3 is 0 Å². The van der Waals surface area contributed by atoms with Crippen molar-refractivity contribution in [2.24, 2.45) is 0 Å². The fourth-order valence-corrected chi connectivity index (χ4v) is 2.03. The molecule has 0 heterocycles. The van der Waals surface area contributed by atoms with E-state index >= 15 is 0 Å². The van der Waals surface area contributed by atoms with E-state index < -0.39 is 0 Å². The Kier molecular flexibility index (Phi) is 3.46. The van der Waals surface area contributed by atoms with Crippen molar-refractivity contribution in [3.8, 4) is 22.6 Å². The van der Waals surface area contributed by atoms with Gasteiger partial charge in [-0.2, -0.15) is 0 Å². The molecule has 20 heavy (non-hydrogen) atoms. The first-order valence-corrected chi connectivity index (χ1v) is 6.41. The molecule has 0 aromatic heterocycles. The molecule has 0 saturated carbocycles. The molecular formula is C18H13FO. The van der Waals surface area contributed by atoms with Crippen molar-refractivity contribution in [2.45, 2.75) is 0 Å². The summed E-state index contributed by atoms with van der Waals surface area (Å²) in [7, 11) is 0. The van der Waals surface area contributed by atoms with Crippen LogP contribution >= 0.6 is 0 Å². The van der Waals surface area contributed by atoms with Crippen LogP contribution in [0.1, 0.15) is 0 Å². The summed E-state index contributed by atoms with van der Waals surface area (Å²) in [5.74, 6) is 1.10. The minimum atomic E-state index is -0.253. The Morgan fingerprint density at radius 1 is 0.650 bits per heavy atom. The predicted molar refractivity (Wildman–Crippen MR) is 78.4 cm³/mol. The van der Waals surface area contributed by atoms with E-state index in [2.05, 4.69) is 0 Å². The summed E-state index contributed by atoms with van der Waals surface area (Å²) in [5, 5.41) is 0. The number of benzene rings is 3. The molecule has 3 aromatic carbocycles. The Balaban J connectivity index is 1.95. The van der Waals surface area contributed by atoms with Gasteiger partial charge in [0, 0.05) is 5.56 Å². The van der Waals surface area contributed by atoms with Gasteiger partial charge in [-0.15, -0.1) is 0 Å². The molecule has 3 aromatic rings. The summed E-state index contributed by atoms with van der Waals surface area (Å²) in [6.45, 7) is 0. The maximum Gasteiger partial charge on any atom is 0.131 e. The minimum Gasteiger partial charge on any atom is -0.457 e. The lowest BCUT2D eigenvalue weighted by atomic mass is 10.1. The molecule has 0 fully saturated rings. The summed E-state index contributed by atoms with van der Waals surface area (Å²) < 4.78 is 19.7. The summed E-state index contributed by atoms with van der Waals surface area (Å²) in [6, 6.07) is 23.7. The standard InChI is InChI=1S/C18H13FO/c19-18-12-11-16(20-15-9-5-2-6-10-15)13-17(18)14-7-3-1-4-8-14/h1-13H. The Bertz CT molecular complexity index is 693. The largest absolute Gasteiger partial charge is 0.457 e. The number of rotatable bonds is 3. The number of hydrogen-bond donors (Lipinski definition) is 0. The second kappa shape index (κ2) is 5.57. The van der Waals surface area contributed by atoms with Crippen LogP contribution in [0, 0.1) is 5.82 Å². The Morgan fingerprint density at radius 3 is 2.00 bits per heavy atom. The molecular weight excluding hydrogens is 251 g/mol. The summed E-state index contributed by atoms with van der Waals surface area (Å²) in [5.41, 5.74) is 1.38. The maximum absolute atomic E-state index is 13.9. The molecule has 0 atom stereocenters. The van der Waals surface area contributed by atoms with Crippen LogP contribution in [-0.4, -0.2) is 0 Å². The van der Waals surface area contributed by atoms with Crippen LogP contribution in [0.5, 0.6) is 11.5 Å². The molecule has 0 spiro atoms. The molecule has 0 unspecified atom stereocenters. The van der Waals surface area contributed by atoms with Gasteiger partial charge in [-0.1, -0.05) is 48.5 Å². The molecule has 0 aliphatic rings. The molecule has 0 saturated heterocycles. The first kappa shape index (κ1) is 12.4. The zero-order valence-electron chi connectivity index (χ0n) is 10.8. The van der Waals surface area contributed by atoms with Gasteiger partial charge in [0.25, 0.3) is 0 Å². The summed E-state index contributed by atoms with van der Waals surface area (Å²) in [6.07, 6.45) is 0. The van der Waals surface area contributed by atoms with E-state index in [-0.39, 0.29) is 5.82 Å². The van der Waals surface area contributed by atoms with E-state index in [1.165, 1.54) is 6.07 Å². The van der Waals surface area contributed by atoms with Gasteiger partial charge in [-0.05, 0) is 35.9 Å². The lowest BCUT2D eigenvalue weighted by Gasteiger charge is -2.09. The predicted octanol–water partition coefficient (Wildman–Crippen LogP) is 5.29. The molecule has 0 aliphatic heterocycles. The average Bonchev–Trinajstić information content (AvgIpc) is 2.51. The van der Waals surface area contributed by atoms with Crippen LogP contribution < -0.4 is 4.74 Å². The molecule has 0 radical (unpaired) electrons. The highest BCUT2D eigenvalue weighted by Crippen LogP contribution is 2.29. The quantitative estimate of drug-likeness (QED) is 0.625. The number of halogens is 1. The van der Waals surface area contributed by atoms with E-state index in [4.69, 9.17) is 4.74 Å². The second-order valence-electron chi connectivity index (χ2n) is 4.42. The molecule has 0 aliphatic carbocycles. The van der Waals surface area contributed by atoms with E-state index in [9.17, 15) is 4.39 Å². The van der Waals surface area contributed by atoms with Crippen molar-refractivity contribution < 1.29 is 9.13 Å². The van der Waals surface area contributed by atoms with Gasteiger partial charge in [-0.3, -0.25) is 0 Å². The average molecular weight is 264 g/mol. The van der Waals surface area contributed by atoms with Crippen LogP contribution in [0.2, 0.25) is 0 Å². The minimum absolute atomic E-state index is 0.253. The fraction of sp³-hybridized carbons (Fsp3) is 0. The van der Waals surface area contributed by atoms with Gasteiger partial charge in [0.05, 0.1) is 0 Å². The fourth-order valence-electron chi connectivity index (χ4n) is 2.03. The SMILES string of the molecule is Fc1ccc(Oc2ccccc2)cc1-c1ccccc1. The van der Waals surface area contributed by atoms with E-state index in [1.807, 2.05) is 60.7 Å². The van der Waals surface area contributed by atoms with Crippen LogP contribution in [0.3, 0.4) is 0 Å². The normalized spacial score (nSPS) is 10.2. The van der Waals surface area contributed by atoms with E-state index in [0.29, 0.717) is 11.3 Å². The first-order chi connectivity index (χ1) is 9.83. The zero-order chi connectivity index (χ0) is 13.8. The Morgan fingerprint density at radius 2 is 1.30 bits per heavy atom. The van der Waals surface area contributed by atoms with Crippen LogP contribution in [0.4, 0.5) is 4.39 Å². The van der Waals surface area contributed by atoms with Crippen molar-refractivity contribution in [2.75, 3.05) is 0 Å². The number of hydrogen-bond acceptors (Lipinski definition) is 1. The monoisotopic (exact) mass is 264 g/mol. The van der Waals surface area contributed by atoms with Crippen molar-refractivity contribution >= 4 is 0 Å². The highest BCUT2D eigenvalue weighted by atomic mass is 19.1. The van der Waals surface area contributed by atoms with Gasteiger partial charge in [0.2, 0.25) is 0 Å². The van der Waals surface area contributed by atoms with Crippen molar-refractivity contribution in [3.05, 3.63) is 84.7 Å². The van der Waals surface area contributed by atoms with E-state index in [0.717, 1.165) is 11.3 Å². The molecule has 1 nitrogen and oxygen atoms in total. The van der Waals surface area contributed by atoms with Gasteiger partial charge in [0.1, 0.15) is 17.3 Å². The van der Waals surface area contributed by atoms with Crippen molar-refractivity contribution in [1.82, 2.24) is 0 Å². The van der Waals surface area contributed by atoms with Gasteiger partial charge < -0.3 is 4.74 Å².